The monoisotopic (exact) mass is 425 g/mol. The summed E-state index contributed by atoms with van der Waals surface area (Å²) in [5, 5.41) is 3.55. The molecule has 164 valence electrons. The molecule has 5 heteroatoms. The van der Waals surface area contributed by atoms with Gasteiger partial charge in [-0.2, -0.15) is 0 Å². The average Bonchev–Trinajstić information content (AvgIpc) is 2.85. The molecule has 0 bridgehead atoms. The normalized spacial score (nSPS) is 15.5. The van der Waals surface area contributed by atoms with Crippen molar-refractivity contribution in [2.45, 2.75) is 44.7 Å². The lowest BCUT2D eigenvalue weighted by Crippen LogP contribution is -2.64. The zero-order valence-corrected chi connectivity index (χ0v) is 18.6. The topological polar surface area (TPSA) is 89.0 Å². The van der Waals surface area contributed by atoms with Crippen LogP contribution in [0.25, 0.3) is 32.8 Å². The molecular weight excluding hydrogens is 394 g/mol. The molecule has 1 fully saturated rings. The summed E-state index contributed by atoms with van der Waals surface area (Å²) in [5.41, 5.74) is 10.8. The third-order valence-corrected chi connectivity index (χ3v) is 7.21. The predicted molar refractivity (Wildman–Crippen MR) is 132 cm³/mol. The lowest BCUT2D eigenvalue weighted by atomic mass is 9.76. The minimum absolute atomic E-state index is 0.333. The van der Waals surface area contributed by atoms with Crippen molar-refractivity contribution in [2.24, 2.45) is 17.6 Å². The Morgan fingerprint density at radius 3 is 2.34 bits per heavy atom. The van der Waals surface area contributed by atoms with E-state index in [1.165, 1.54) is 35.6 Å². The second-order valence-electron chi connectivity index (χ2n) is 8.99. The number of aryl methyl sites for hydroxylation is 1. The van der Waals surface area contributed by atoms with Crippen LogP contribution in [0, 0.1) is 12.8 Å². The first-order valence-corrected chi connectivity index (χ1v) is 11.5. The van der Waals surface area contributed by atoms with Crippen LogP contribution in [-0.4, -0.2) is 4.98 Å². The molecule has 1 aromatic heterocycles. The van der Waals surface area contributed by atoms with Crippen LogP contribution >= 0.6 is 0 Å². The van der Waals surface area contributed by atoms with Gasteiger partial charge in [0.15, 0.2) is 0 Å². The number of pyridine rings is 1. The standard InChI is InChI=1S/C27H31N5/c1-18-25(24-13-7-9-19-8-5-6-12-23(19)24)17-20-16-22(14-15-26(20)30-18)27(31-28,32-29)21-10-3-2-4-11-21/h5-9,12-17,21,31-32H,2-4,10-11,28-29H2,1H3. The lowest BCUT2D eigenvalue weighted by Gasteiger charge is -2.42. The predicted octanol–water partition coefficient (Wildman–Crippen LogP) is 5.02. The minimum atomic E-state index is -0.654. The fourth-order valence-electron chi connectivity index (χ4n) is 5.47. The summed E-state index contributed by atoms with van der Waals surface area (Å²) in [6, 6.07) is 23.6. The summed E-state index contributed by atoms with van der Waals surface area (Å²) >= 11 is 0. The van der Waals surface area contributed by atoms with Gasteiger partial charge in [0, 0.05) is 16.6 Å². The van der Waals surface area contributed by atoms with Crippen molar-refractivity contribution in [1.29, 1.82) is 0 Å². The van der Waals surface area contributed by atoms with Gasteiger partial charge < -0.3 is 0 Å². The average molecular weight is 426 g/mol. The maximum absolute atomic E-state index is 6.12. The van der Waals surface area contributed by atoms with Crippen molar-refractivity contribution >= 4 is 21.7 Å². The smallest absolute Gasteiger partial charge is 0.122 e. The van der Waals surface area contributed by atoms with Crippen LogP contribution in [0.1, 0.15) is 43.4 Å². The molecule has 0 radical (unpaired) electrons. The summed E-state index contributed by atoms with van der Waals surface area (Å²) in [5.74, 6) is 12.6. The highest BCUT2D eigenvalue weighted by Gasteiger charge is 2.39. The van der Waals surface area contributed by atoms with Crippen molar-refractivity contribution < 1.29 is 0 Å². The molecule has 6 N–H and O–H groups in total. The van der Waals surface area contributed by atoms with E-state index in [1.54, 1.807) is 0 Å². The van der Waals surface area contributed by atoms with Gasteiger partial charge in [-0.1, -0.05) is 67.8 Å². The van der Waals surface area contributed by atoms with Gasteiger partial charge in [0.2, 0.25) is 0 Å². The van der Waals surface area contributed by atoms with E-state index in [4.69, 9.17) is 16.7 Å². The molecule has 0 spiro atoms. The number of hydrogen-bond acceptors (Lipinski definition) is 5. The van der Waals surface area contributed by atoms with Crippen molar-refractivity contribution in [3.8, 4) is 11.1 Å². The number of nitrogens with two attached hydrogens (primary N) is 2. The summed E-state index contributed by atoms with van der Waals surface area (Å²) in [6.07, 6.45) is 5.88. The molecule has 4 aromatic rings. The summed E-state index contributed by atoms with van der Waals surface area (Å²) in [7, 11) is 0. The first kappa shape index (κ1) is 21.0. The first-order chi connectivity index (χ1) is 15.7. The summed E-state index contributed by atoms with van der Waals surface area (Å²) in [6.45, 7) is 2.08. The quantitative estimate of drug-likeness (QED) is 0.205. The van der Waals surface area contributed by atoms with E-state index >= 15 is 0 Å². The van der Waals surface area contributed by atoms with E-state index in [2.05, 4.69) is 84.5 Å². The van der Waals surface area contributed by atoms with E-state index in [1.807, 2.05) is 0 Å². The Kier molecular flexibility index (Phi) is 5.66. The maximum Gasteiger partial charge on any atom is 0.122 e. The number of nitrogens with zero attached hydrogens (tertiary/aromatic N) is 1. The van der Waals surface area contributed by atoms with Crippen LogP contribution in [0.2, 0.25) is 0 Å². The zero-order chi connectivity index (χ0) is 22.1. The maximum atomic E-state index is 6.12. The van der Waals surface area contributed by atoms with Crippen LogP contribution in [0.15, 0.2) is 66.7 Å². The minimum Gasteiger partial charge on any atom is -0.269 e. The van der Waals surface area contributed by atoms with Gasteiger partial charge in [-0.15, -0.1) is 0 Å². The third-order valence-electron chi connectivity index (χ3n) is 7.21. The number of rotatable bonds is 5. The number of fused-ring (bicyclic) bond motifs is 2. The molecule has 1 aliphatic carbocycles. The van der Waals surface area contributed by atoms with Gasteiger partial charge >= 0.3 is 0 Å². The molecular formula is C27H31N5. The van der Waals surface area contributed by atoms with Crippen molar-refractivity contribution in [1.82, 2.24) is 15.8 Å². The Bertz CT molecular complexity index is 1250. The summed E-state index contributed by atoms with van der Waals surface area (Å²) in [4.78, 5) is 4.94. The Labute approximate surface area is 189 Å². The van der Waals surface area contributed by atoms with Crippen LogP contribution < -0.4 is 22.5 Å². The van der Waals surface area contributed by atoms with Crippen LogP contribution in [0.3, 0.4) is 0 Å². The molecule has 1 aliphatic rings. The molecule has 0 aliphatic heterocycles. The van der Waals surface area contributed by atoms with Crippen LogP contribution in [0.4, 0.5) is 0 Å². The van der Waals surface area contributed by atoms with Crippen molar-refractivity contribution in [3.63, 3.8) is 0 Å². The van der Waals surface area contributed by atoms with E-state index in [0.29, 0.717) is 5.92 Å². The number of nitrogens with one attached hydrogen (secondary N) is 2. The Morgan fingerprint density at radius 1 is 0.812 bits per heavy atom. The van der Waals surface area contributed by atoms with E-state index in [9.17, 15) is 0 Å². The molecule has 0 saturated heterocycles. The Morgan fingerprint density at radius 2 is 1.56 bits per heavy atom. The highest BCUT2D eigenvalue weighted by atomic mass is 15.4. The highest BCUT2D eigenvalue weighted by Crippen LogP contribution is 2.38. The third kappa shape index (κ3) is 3.48. The SMILES string of the molecule is Cc1nc2ccc(C(NN)(NN)C3CCCCC3)cc2cc1-c1cccc2ccccc12. The second-order valence-corrected chi connectivity index (χ2v) is 8.99. The van der Waals surface area contributed by atoms with Crippen molar-refractivity contribution in [2.75, 3.05) is 0 Å². The van der Waals surface area contributed by atoms with Gasteiger partial charge in [-0.3, -0.25) is 16.7 Å². The fraction of sp³-hybridized carbons (Fsp3) is 0.296. The second kappa shape index (κ2) is 8.60. The Balaban J connectivity index is 1.66. The molecule has 0 unspecified atom stereocenters. The van der Waals surface area contributed by atoms with E-state index < -0.39 is 5.66 Å². The molecule has 5 nitrogen and oxygen atoms in total. The van der Waals surface area contributed by atoms with Gasteiger partial charge in [-0.25, -0.2) is 10.9 Å². The molecule has 3 aromatic carbocycles. The first-order valence-electron chi connectivity index (χ1n) is 11.5. The van der Waals surface area contributed by atoms with Crippen LogP contribution in [-0.2, 0) is 5.66 Å². The number of benzene rings is 3. The van der Waals surface area contributed by atoms with Gasteiger partial charge in [0.05, 0.1) is 5.52 Å². The van der Waals surface area contributed by atoms with E-state index in [-0.39, 0.29) is 0 Å². The zero-order valence-electron chi connectivity index (χ0n) is 18.6. The fourth-order valence-corrected chi connectivity index (χ4v) is 5.47. The molecule has 32 heavy (non-hydrogen) atoms. The molecule has 0 amide bonds. The molecule has 1 heterocycles. The highest BCUT2D eigenvalue weighted by molar-refractivity contribution is 5.99. The van der Waals surface area contributed by atoms with Gasteiger partial charge in [0.1, 0.15) is 5.66 Å². The lowest BCUT2D eigenvalue weighted by molar-refractivity contribution is 0.120. The largest absolute Gasteiger partial charge is 0.269 e. The van der Waals surface area contributed by atoms with E-state index in [0.717, 1.165) is 40.6 Å². The Hall–Kier alpha value is -2.83. The summed E-state index contributed by atoms with van der Waals surface area (Å²) < 4.78 is 0. The van der Waals surface area contributed by atoms with Gasteiger partial charge in [0.25, 0.3) is 0 Å². The van der Waals surface area contributed by atoms with Crippen molar-refractivity contribution in [3.05, 3.63) is 78.0 Å². The number of hydrazine groups is 2. The van der Waals surface area contributed by atoms with Gasteiger partial charge in [-0.05, 0) is 65.8 Å². The molecule has 1 saturated carbocycles. The molecule has 5 rings (SSSR count). The number of aromatic nitrogens is 1. The molecule has 0 atom stereocenters. The number of hydrogen-bond donors (Lipinski definition) is 4. The van der Waals surface area contributed by atoms with Crippen LogP contribution in [0.5, 0.6) is 0 Å².